The van der Waals surface area contributed by atoms with E-state index in [1.165, 1.54) is 12.3 Å². The number of carbonyl (C=O) groups is 3. The summed E-state index contributed by atoms with van der Waals surface area (Å²) in [6.45, 7) is 4.09. The molecule has 0 bridgehead atoms. The summed E-state index contributed by atoms with van der Waals surface area (Å²) < 4.78 is 34.2. The van der Waals surface area contributed by atoms with Gasteiger partial charge in [-0.15, -0.1) is 0 Å². The molecule has 0 spiro atoms. The molecule has 3 fully saturated rings. The maximum absolute atomic E-state index is 16.8. The number of fused-ring (bicyclic) bond motifs is 5. The number of halogens is 2. The standard InChI is InChI=1S/C25H30F2O5S/c1-23-7-8-25(27)18(4-3-16-10-17(28)5-6-24(16,25)2)19(23)9-15(12-23)13-32-21(30)11-20(29)22(31)33-14-26/h5-6,10,13,18-20,29H,3-4,7-9,11-12,14H2,1-2H3/t18-,19-,20?,23+,24-,25+/m0/s1. The van der Waals surface area contributed by atoms with Gasteiger partial charge in [0.1, 0.15) is 17.8 Å². The number of ketones is 1. The number of esters is 1. The number of ether oxygens (including phenoxy) is 1. The minimum atomic E-state index is -1.60. The van der Waals surface area contributed by atoms with Gasteiger partial charge in [-0.1, -0.05) is 30.3 Å². The summed E-state index contributed by atoms with van der Waals surface area (Å²) in [5.74, 6) is -0.901. The van der Waals surface area contributed by atoms with Crippen molar-refractivity contribution < 1.29 is 33.0 Å². The molecule has 0 saturated heterocycles. The molecule has 4 aliphatic rings. The molecule has 4 aliphatic carbocycles. The molecule has 180 valence electrons. The number of hydrogen-bond donors (Lipinski definition) is 1. The van der Waals surface area contributed by atoms with Gasteiger partial charge in [0.25, 0.3) is 0 Å². The van der Waals surface area contributed by atoms with Gasteiger partial charge < -0.3 is 9.84 Å². The zero-order valence-electron chi connectivity index (χ0n) is 18.9. The van der Waals surface area contributed by atoms with Gasteiger partial charge in [-0.05, 0) is 80.4 Å². The second kappa shape index (κ2) is 8.77. The molecule has 0 heterocycles. The third kappa shape index (κ3) is 4.14. The highest BCUT2D eigenvalue weighted by Crippen LogP contribution is 2.68. The smallest absolute Gasteiger partial charge is 0.313 e. The normalized spacial score (nSPS) is 39.4. The Bertz CT molecular complexity index is 958. The molecule has 1 N–H and O–H groups in total. The van der Waals surface area contributed by atoms with Crippen LogP contribution in [0.4, 0.5) is 8.78 Å². The van der Waals surface area contributed by atoms with Gasteiger partial charge in [0.05, 0.1) is 12.7 Å². The Morgan fingerprint density at radius 3 is 2.82 bits per heavy atom. The molecule has 0 aromatic carbocycles. The van der Waals surface area contributed by atoms with Crippen molar-refractivity contribution in [1.29, 1.82) is 0 Å². The molecule has 8 heteroatoms. The summed E-state index contributed by atoms with van der Waals surface area (Å²) in [5.41, 5.74) is -0.496. The van der Waals surface area contributed by atoms with Crippen molar-refractivity contribution >= 4 is 28.6 Å². The number of aliphatic hydroxyl groups excluding tert-OH is 1. The third-order valence-electron chi connectivity index (χ3n) is 8.48. The minimum absolute atomic E-state index is 0.0758. The maximum Gasteiger partial charge on any atom is 0.313 e. The number of rotatable bonds is 5. The first-order valence-electron chi connectivity index (χ1n) is 11.4. The summed E-state index contributed by atoms with van der Waals surface area (Å²) in [7, 11) is 0. The van der Waals surface area contributed by atoms with Crippen molar-refractivity contribution in [3.63, 3.8) is 0 Å². The Hall–Kier alpha value is -1.80. The highest BCUT2D eigenvalue weighted by Gasteiger charge is 2.65. The zero-order chi connectivity index (χ0) is 24.0. The molecule has 3 saturated carbocycles. The number of alkyl halides is 2. The SMILES string of the molecule is C[C@]12CC[C@@]3(F)[C@@H](CCC4=CC(=O)C=C[C@@]43C)[C@@H]1CC(=COC(=O)CC(O)C(=O)SCF)C2. The monoisotopic (exact) mass is 480 g/mol. The van der Waals surface area contributed by atoms with Crippen molar-refractivity contribution in [2.24, 2.45) is 22.7 Å². The first-order valence-corrected chi connectivity index (χ1v) is 12.4. The van der Waals surface area contributed by atoms with Crippen LogP contribution in [0.25, 0.3) is 0 Å². The Morgan fingerprint density at radius 2 is 2.09 bits per heavy atom. The van der Waals surface area contributed by atoms with Crippen LogP contribution in [0.5, 0.6) is 0 Å². The van der Waals surface area contributed by atoms with Crippen LogP contribution in [-0.2, 0) is 19.1 Å². The van der Waals surface area contributed by atoms with E-state index in [1.807, 2.05) is 6.92 Å². The van der Waals surface area contributed by atoms with Crippen molar-refractivity contribution in [3.05, 3.63) is 35.6 Å². The molecule has 0 aromatic rings. The molecule has 4 rings (SSSR count). The fourth-order valence-electron chi connectivity index (χ4n) is 6.65. The van der Waals surface area contributed by atoms with Gasteiger partial charge >= 0.3 is 5.97 Å². The van der Waals surface area contributed by atoms with Crippen LogP contribution < -0.4 is 0 Å². The van der Waals surface area contributed by atoms with Crippen LogP contribution in [0.1, 0.15) is 58.8 Å². The second-order valence-corrected chi connectivity index (χ2v) is 11.2. The van der Waals surface area contributed by atoms with Crippen molar-refractivity contribution in [1.82, 2.24) is 0 Å². The maximum atomic E-state index is 16.8. The van der Waals surface area contributed by atoms with Crippen molar-refractivity contribution in [3.8, 4) is 0 Å². The van der Waals surface area contributed by atoms with E-state index in [2.05, 4.69) is 6.92 Å². The van der Waals surface area contributed by atoms with E-state index >= 15 is 4.39 Å². The van der Waals surface area contributed by atoms with Crippen molar-refractivity contribution in [2.75, 3.05) is 6.01 Å². The second-order valence-electron chi connectivity index (χ2n) is 10.3. The lowest BCUT2D eigenvalue weighted by atomic mass is 9.47. The van der Waals surface area contributed by atoms with Crippen LogP contribution in [0.15, 0.2) is 35.6 Å². The first-order chi connectivity index (χ1) is 15.5. The summed E-state index contributed by atoms with van der Waals surface area (Å²) >= 11 is 0.314. The minimum Gasteiger partial charge on any atom is -0.434 e. The average molecular weight is 481 g/mol. The van der Waals surface area contributed by atoms with E-state index in [-0.39, 0.29) is 23.0 Å². The van der Waals surface area contributed by atoms with Crippen LogP contribution in [0.3, 0.4) is 0 Å². The Labute approximate surface area is 196 Å². The number of thioether (sulfide) groups is 1. The molecule has 6 atom stereocenters. The van der Waals surface area contributed by atoms with Gasteiger partial charge in [-0.2, -0.15) is 0 Å². The van der Waals surface area contributed by atoms with Gasteiger partial charge in [0.15, 0.2) is 5.78 Å². The van der Waals surface area contributed by atoms with Gasteiger partial charge in [-0.3, -0.25) is 14.4 Å². The molecule has 33 heavy (non-hydrogen) atoms. The van der Waals surface area contributed by atoms with Gasteiger partial charge in [0.2, 0.25) is 5.12 Å². The number of hydrogen-bond acceptors (Lipinski definition) is 6. The van der Waals surface area contributed by atoms with Gasteiger partial charge in [-0.25, -0.2) is 8.78 Å². The quantitative estimate of drug-likeness (QED) is 0.452. The Balaban J connectivity index is 1.47. The molecule has 0 aromatic heterocycles. The third-order valence-corrected chi connectivity index (χ3v) is 9.15. The highest BCUT2D eigenvalue weighted by atomic mass is 32.2. The zero-order valence-corrected chi connectivity index (χ0v) is 19.8. The fraction of sp³-hybridized carbons (Fsp3) is 0.640. The molecular formula is C25H30F2O5S. The molecular weight excluding hydrogens is 450 g/mol. The van der Waals surface area contributed by atoms with Crippen LogP contribution in [-0.4, -0.2) is 39.8 Å². The largest absolute Gasteiger partial charge is 0.434 e. The van der Waals surface area contributed by atoms with E-state index in [0.29, 0.717) is 50.3 Å². The predicted molar refractivity (Wildman–Crippen MR) is 120 cm³/mol. The van der Waals surface area contributed by atoms with E-state index in [1.54, 1.807) is 12.2 Å². The summed E-state index contributed by atoms with van der Waals surface area (Å²) in [4.78, 5) is 35.4. The van der Waals surface area contributed by atoms with E-state index in [9.17, 15) is 23.9 Å². The van der Waals surface area contributed by atoms with E-state index in [4.69, 9.17) is 4.74 Å². The van der Waals surface area contributed by atoms with Crippen molar-refractivity contribution in [2.45, 2.75) is 70.6 Å². The predicted octanol–water partition coefficient (Wildman–Crippen LogP) is 4.75. The van der Waals surface area contributed by atoms with Gasteiger partial charge in [0, 0.05) is 5.41 Å². The highest BCUT2D eigenvalue weighted by molar-refractivity contribution is 8.13. The molecule has 1 unspecified atom stereocenters. The van der Waals surface area contributed by atoms with Crippen LogP contribution in [0.2, 0.25) is 0 Å². The molecule has 0 radical (unpaired) electrons. The lowest BCUT2D eigenvalue weighted by Crippen LogP contribution is -2.59. The van der Waals surface area contributed by atoms with Crippen LogP contribution in [0, 0.1) is 22.7 Å². The average Bonchev–Trinajstić information content (AvgIpc) is 3.10. The number of carbonyl (C=O) groups excluding carboxylic acids is 3. The molecule has 0 amide bonds. The Morgan fingerprint density at radius 1 is 1.33 bits per heavy atom. The fourth-order valence-corrected chi connectivity index (χ4v) is 7.03. The summed E-state index contributed by atoms with van der Waals surface area (Å²) in [6, 6.07) is -0.964. The number of aliphatic hydroxyl groups is 1. The summed E-state index contributed by atoms with van der Waals surface area (Å²) in [5, 5.41) is 8.88. The first kappa shape index (κ1) is 24.3. The Kier molecular flexibility index (Phi) is 6.46. The lowest BCUT2D eigenvalue weighted by Gasteiger charge is -2.59. The molecule has 0 aliphatic heterocycles. The van der Waals surface area contributed by atoms with E-state index in [0.717, 1.165) is 11.1 Å². The van der Waals surface area contributed by atoms with Crippen LogP contribution >= 0.6 is 11.8 Å². The van der Waals surface area contributed by atoms with E-state index < -0.39 is 40.7 Å². The summed E-state index contributed by atoms with van der Waals surface area (Å²) in [6.07, 6.45) is 7.95. The topological polar surface area (TPSA) is 80.7 Å². The number of allylic oxidation sites excluding steroid dienone is 5. The lowest BCUT2D eigenvalue weighted by molar-refractivity contribution is -0.142. The molecule has 5 nitrogen and oxygen atoms in total.